The number of halogens is 2. The molecule has 0 nitrogen and oxygen atoms in total. The van der Waals surface area contributed by atoms with Crippen LogP contribution in [0.5, 0.6) is 0 Å². The molecule has 4 radical (unpaired) electrons. The van der Waals surface area contributed by atoms with Crippen molar-refractivity contribution in [2.24, 2.45) is 0 Å². The zero-order chi connectivity index (χ0) is 2.71. The zero-order valence-corrected chi connectivity index (χ0v) is 7.27. The quantitative estimate of drug-likeness (QED) is 0.288. The second kappa shape index (κ2) is 38.2. The van der Waals surface area contributed by atoms with Gasteiger partial charge in [0.2, 0.25) is 0 Å². The van der Waals surface area contributed by atoms with Gasteiger partial charge in [0.1, 0.15) is 0 Å². The Labute approximate surface area is 68.3 Å². The third kappa shape index (κ3) is 84.6. The van der Waals surface area contributed by atoms with E-state index in [4.69, 9.17) is 6.42 Å². The van der Waals surface area contributed by atoms with Crippen LogP contribution >= 0.6 is 0 Å². The third-order valence-corrected chi connectivity index (χ3v) is 0. The van der Waals surface area contributed by atoms with Gasteiger partial charge in [0, 0.05) is 24.4 Å². The standard InChI is InChI=1S/C3H3.2ClH.Sb/c1-3-2;;;/h1H3;2*1H;/p-2. The minimum Gasteiger partial charge on any atom is -1.00 e. The van der Waals surface area contributed by atoms with Crippen LogP contribution in [-0.4, -0.2) is 24.4 Å². The van der Waals surface area contributed by atoms with Gasteiger partial charge < -0.3 is 24.8 Å². The molecule has 0 aliphatic carbocycles. The Morgan fingerprint density at radius 1 is 1.33 bits per heavy atom. The van der Waals surface area contributed by atoms with Crippen molar-refractivity contribution in [1.82, 2.24) is 0 Å². The Morgan fingerprint density at radius 2 is 1.33 bits per heavy atom. The third-order valence-electron chi connectivity index (χ3n) is 0. The number of hydrogen-bond donors (Lipinski definition) is 0. The van der Waals surface area contributed by atoms with E-state index in [0.717, 1.165) is 0 Å². The van der Waals surface area contributed by atoms with E-state index in [1.54, 1.807) is 6.92 Å². The van der Waals surface area contributed by atoms with Crippen LogP contribution in [0.4, 0.5) is 0 Å². The van der Waals surface area contributed by atoms with Gasteiger partial charge in [-0.15, -0.1) is 0 Å². The first-order valence-corrected chi connectivity index (χ1v) is 0.750. The largest absolute Gasteiger partial charge is 1.00 e. The molecule has 0 heterocycles. The summed E-state index contributed by atoms with van der Waals surface area (Å²) >= 11 is 0. The summed E-state index contributed by atoms with van der Waals surface area (Å²) in [5.74, 6) is 2.00. The molecule has 0 atom stereocenters. The van der Waals surface area contributed by atoms with E-state index in [2.05, 4.69) is 0 Å². The summed E-state index contributed by atoms with van der Waals surface area (Å²) in [5, 5.41) is 0. The van der Waals surface area contributed by atoms with E-state index in [1.807, 2.05) is 5.92 Å². The normalized spacial score (nSPS) is 1.33. The summed E-state index contributed by atoms with van der Waals surface area (Å²) in [6.45, 7) is 1.54. The minimum absolute atomic E-state index is 0. The smallest absolute Gasteiger partial charge is 0 e. The van der Waals surface area contributed by atoms with Crippen molar-refractivity contribution >= 4 is 24.4 Å². The summed E-state index contributed by atoms with van der Waals surface area (Å²) in [7, 11) is 0. The van der Waals surface area contributed by atoms with Gasteiger partial charge in [-0.25, -0.2) is 0 Å². The molecule has 0 rings (SSSR count). The molecule has 0 aromatic rings. The van der Waals surface area contributed by atoms with Crippen LogP contribution < -0.4 is 24.8 Å². The molecule has 0 fully saturated rings. The molecule has 3 heteroatoms. The maximum atomic E-state index is 5.96. The average molecular weight is 232 g/mol. The van der Waals surface area contributed by atoms with E-state index in [-0.39, 0.29) is 49.2 Å². The molecule has 0 saturated heterocycles. The Hall–Kier alpha value is 0.958. The Kier molecular flexibility index (Phi) is 180. The second-order valence-electron chi connectivity index (χ2n) is 0.250. The van der Waals surface area contributed by atoms with Crippen molar-refractivity contribution in [2.45, 2.75) is 6.92 Å². The van der Waals surface area contributed by atoms with Crippen LogP contribution in [0.15, 0.2) is 0 Å². The Bertz CT molecular complexity index is 30.3. The molecule has 0 N–H and O–H groups in total. The average Bonchev–Trinajstić information content (AvgIpc) is 0.918. The summed E-state index contributed by atoms with van der Waals surface area (Å²) in [6, 6.07) is 0. The van der Waals surface area contributed by atoms with Gasteiger partial charge in [0.15, 0.2) is 0 Å². The fourth-order valence-corrected chi connectivity index (χ4v) is 0. The molecule has 0 unspecified atom stereocenters. The summed E-state index contributed by atoms with van der Waals surface area (Å²) in [4.78, 5) is 0. The summed E-state index contributed by atoms with van der Waals surface area (Å²) in [6.07, 6.45) is 5.96. The predicted octanol–water partition coefficient (Wildman–Crippen LogP) is -5.78. The molecule has 0 saturated carbocycles. The van der Waals surface area contributed by atoms with Crippen molar-refractivity contribution in [3.8, 4) is 5.92 Å². The SMILES string of the molecule is [C]#CC.[Cl-].[Cl-].[Sb]. The summed E-state index contributed by atoms with van der Waals surface area (Å²) in [5.41, 5.74) is 0. The molecule has 0 aromatic carbocycles. The van der Waals surface area contributed by atoms with Gasteiger partial charge in [0.05, 0.1) is 0 Å². The predicted molar refractivity (Wildman–Crippen MR) is 18.6 cm³/mol. The van der Waals surface area contributed by atoms with Crippen molar-refractivity contribution in [1.29, 1.82) is 0 Å². The second-order valence-corrected chi connectivity index (χ2v) is 0.250. The monoisotopic (exact) mass is 230 g/mol. The molecule has 0 aromatic heterocycles. The molecular formula is C3H3Cl2Sb-2. The van der Waals surface area contributed by atoms with E-state index in [0.29, 0.717) is 0 Å². The Morgan fingerprint density at radius 3 is 1.33 bits per heavy atom. The van der Waals surface area contributed by atoms with Gasteiger partial charge in [-0.05, 0) is 13.3 Å². The summed E-state index contributed by atoms with van der Waals surface area (Å²) < 4.78 is 0. The van der Waals surface area contributed by atoms with Crippen LogP contribution in [0.1, 0.15) is 6.92 Å². The van der Waals surface area contributed by atoms with Crippen LogP contribution in [-0.2, 0) is 0 Å². The molecule has 0 amide bonds. The van der Waals surface area contributed by atoms with Gasteiger partial charge in [-0.2, -0.15) is 0 Å². The Balaban J connectivity index is -0.00000000667. The number of hydrogen-bond acceptors (Lipinski definition) is 0. The fraction of sp³-hybridized carbons (Fsp3) is 0.333. The molecule has 0 bridgehead atoms. The molecule has 0 aliphatic rings. The minimum atomic E-state index is 0. The van der Waals surface area contributed by atoms with Crippen LogP contribution in [0.3, 0.4) is 0 Å². The maximum absolute atomic E-state index is 5.96. The molecular weight excluding hydrogens is 229 g/mol. The molecule has 36 valence electrons. The van der Waals surface area contributed by atoms with Crippen LogP contribution in [0.25, 0.3) is 0 Å². The fourth-order valence-electron chi connectivity index (χ4n) is 0. The zero-order valence-electron chi connectivity index (χ0n) is 3.20. The molecule has 0 spiro atoms. The van der Waals surface area contributed by atoms with Crippen molar-refractivity contribution in [2.75, 3.05) is 0 Å². The van der Waals surface area contributed by atoms with Gasteiger partial charge in [-0.1, -0.05) is 5.92 Å². The first-order valence-electron chi connectivity index (χ1n) is 0.750. The first-order chi connectivity index (χ1) is 1.41. The van der Waals surface area contributed by atoms with E-state index in [9.17, 15) is 0 Å². The van der Waals surface area contributed by atoms with E-state index >= 15 is 0 Å². The van der Waals surface area contributed by atoms with Gasteiger partial charge >= 0.3 is 0 Å². The van der Waals surface area contributed by atoms with Crippen molar-refractivity contribution < 1.29 is 24.8 Å². The van der Waals surface area contributed by atoms with Crippen LogP contribution in [0, 0.1) is 12.3 Å². The molecule has 0 aliphatic heterocycles. The van der Waals surface area contributed by atoms with Crippen molar-refractivity contribution in [3.63, 3.8) is 0 Å². The van der Waals surface area contributed by atoms with Gasteiger partial charge in [-0.3, -0.25) is 0 Å². The van der Waals surface area contributed by atoms with Gasteiger partial charge in [0.25, 0.3) is 0 Å². The van der Waals surface area contributed by atoms with Crippen molar-refractivity contribution in [3.05, 3.63) is 6.42 Å². The maximum Gasteiger partial charge on any atom is 0 e. The topological polar surface area (TPSA) is 0 Å². The van der Waals surface area contributed by atoms with E-state index < -0.39 is 0 Å². The van der Waals surface area contributed by atoms with E-state index in [1.165, 1.54) is 0 Å². The number of rotatable bonds is 0. The van der Waals surface area contributed by atoms with Crippen LogP contribution in [0.2, 0.25) is 0 Å². The molecule has 6 heavy (non-hydrogen) atoms. The first kappa shape index (κ1) is 28.2.